The van der Waals surface area contributed by atoms with Gasteiger partial charge in [0, 0.05) is 18.6 Å². The van der Waals surface area contributed by atoms with Crippen molar-refractivity contribution in [3.63, 3.8) is 0 Å². The SMILES string of the molecule is CC[n+]1ccc2c(c1C)CCCC2. The van der Waals surface area contributed by atoms with Crippen LogP contribution in [0.4, 0.5) is 0 Å². The van der Waals surface area contributed by atoms with Gasteiger partial charge >= 0.3 is 0 Å². The molecule has 0 amide bonds. The molecule has 0 saturated heterocycles. The summed E-state index contributed by atoms with van der Waals surface area (Å²) in [7, 11) is 0. The van der Waals surface area contributed by atoms with Crippen molar-refractivity contribution in [2.24, 2.45) is 0 Å². The van der Waals surface area contributed by atoms with E-state index >= 15 is 0 Å². The third kappa shape index (κ3) is 1.48. The second-order valence-corrected chi connectivity index (χ2v) is 3.90. The molecular formula is C12H18N+. The maximum absolute atomic E-state index is 2.35. The van der Waals surface area contributed by atoms with Gasteiger partial charge in [0.2, 0.25) is 0 Å². The van der Waals surface area contributed by atoms with Crippen LogP contribution in [-0.4, -0.2) is 0 Å². The van der Waals surface area contributed by atoms with E-state index in [9.17, 15) is 0 Å². The first-order valence-electron chi connectivity index (χ1n) is 5.33. The molecule has 0 aliphatic heterocycles. The van der Waals surface area contributed by atoms with Gasteiger partial charge in [-0.2, -0.15) is 0 Å². The lowest BCUT2D eigenvalue weighted by Gasteiger charge is -2.15. The molecule has 13 heavy (non-hydrogen) atoms. The van der Waals surface area contributed by atoms with Crippen molar-refractivity contribution in [2.45, 2.75) is 46.1 Å². The maximum Gasteiger partial charge on any atom is 0.181 e. The van der Waals surface area contributed by atoms with Gasteiger partial charge in [-0.25, -0.2) is 4.57 Å². The summed E-state index contributed by atoms with van der Waals surface area (Å²) in [6.45, 7) is 5.56. The number of pyridine rings is 1. The number of fused-ring (bicyclic) bond motifs is 1. The van der Waals surface area contributed by atoms with E-state index in [1.54, 1.807) is 11.1 Å². The molecule has 1 aromatic rings. The van der Waals surface area contributed by atoms with E-state index in [1.165, 1.54) is 31.4 Å². The average Bonchev–Trinajstić information content (AvgIpc) is 2.19. The molecule has 70 valence electrons. The summed E-state index contributed by atoms with van der Waals surface area (Å²) in [5.74, 6) is 0. The highest BCUT2D eigenvalue weighted by Crippen LogP contribution is 2.21. The van der Waals surface area contributed by atoms with Gasteiger partial charge in [-0.15, -0.1) is 0 Å². The second-order valence-electron chi connectivity index (χ2n) is 3.90. The lowest BCUT2D eigenvalue weighted by atomic mass is 9.91. The molecule has 0 saturated carbocycles. The van der Waals surface area contributed by atoms with Gasteiger partial charge in [0.25, 0.3) is 0 Å². The number of hydrogen-bond donors (Lipinski definition) is 0. The third-order valence-electron chi connectivity index (χ3n) is 3.17. The van der Waals surface area contributed by atoms with Crippen molar-refractivity contribution in [2.75, 3.05) is 0 Å². The van der Waals surface area contributed by atoms with Gasteiger partial charge in [-0.05, 0) is 38.2 Å². The van der Waals surface area contributed by atoms with E-state index in [0.29, 0.717) is 0 Å². The Kier molecular flexibility index (Phi) is 2.34. The summed E-state index contributed by atoms with van der Waals surface area (Å²) in [6.07, 6.45) is 7.58. The minimum absolute atomic E-state index is 1.10. The van der Waals surface area contributed by atoms with E-state index in [4.69, 9.17) is 0 Å². The van der Waals surface area contributed by atoms with E-state index < -0.39 is 0 Å². The number of hydrogen-bond acceptors (Lipinski definition) is 0. The summed E-state index contributed by atoms with van der Waals surface area (Å²) < 4.78 is 2.35. The zero-order valence-electron chi connectivity index (χ0n) is 8.64. The van der Waals surface area contributed by atoms with Gasteiger partial charge in [0.1, 0.15) is 6.54 Å². The molecule has 0 aromatic carbocycles. The first-order valence-corrected chi connectivity index (χ1v) is 5.33. The number of nitrogens with zero attached hydrogens (tertiary/aromatic N) is 1. The minimum atomic E-state index is 1.10. The summed E-state index contributed by atoms with van der Waals surface area (Å²) in [6, 6.07) is 2.31. The first kappa shape index (κ1) is 8.74. The molecule has 0 spiro atoms. The lowest BCUT2D eigenvalue weighted by Crippen LogP contribution is -2.37. The van der Waals surface area contributed by atoms with Gasteiger partial charge in [0.15, 0.2) is 11.9 Å². The molecule has 1 aliphatic rings. The second kappa shape index (κ2) is 3.49. The van der Waals surface area contributed by atoms with Crippen molar-refractivity contribution in [3.05, 3.63) is 29.1 Å². The van der Waals surface area contributed by atoms with Gasteiger partial charge in [0.05, 0.1) is 0 Å². The Bertz CT molecular complexity index is 315. The van der Waals surface area contributed by atoms with Crippen LogP contribution in [0.3, 0.4) is 0 Å². The highest BCUT2D eigenvalue weighted by molar-refractivity contribution is 5.28. The zero-order valence-corrected chi connectivity index (χ0v) is 8.64. The molecule has 1 heteroatoms. The quantitative estimate of drug-likeness (QED) is 0.577. The summed E-state index contributed by atoms with van der Waals surface area (Å²) in [4.78, 5) is 0. The highest BCUT2D eigenvalue weighted by Gasteiger charge is 2.17. The molecule has 1 aromatic heterocycles. The molecule has 2 rings (SSSR count). The van der Waals surface area contributed by atoms with Crippen LogP contribution in [0.15, 0.2) is 12.3 Å². The Labute approximate surface area is 80.4 Å². The molecule has 0 fully saturated rings. The minimum Gasteiger partial charge on any atom is -0.203 e. The predicted molar refractivity (Wildman–Crippen MR) is 53.7 cm³/mol. The van der Waals surface area contributed by atoms with Gasteiger partial charge in [-0.1, -0.05) is 0 Å². The van der Waals surface area contributed by atoms with Crippen LogP contribution in [0.5, 0.6) is 0 Å². The van der Waals surface area contributed by atoms with Crippen LogP contribution in [-0.2, 0) is 19.4 Å². The van der Waals surface area contributed by atoms with Crippen LogP contribution >= 0.6 is 0 Å². The fourth-order valence-electron chi connectivity index (χ4n) is 2.33. The Morgan fingerprint density at radius 1 is 1.31 bits per heavy atom. The maximum atomic E-state index is 2.35. The van der Waals surface area contributed by atoms with Crippen LogP contribution in [0.2, 0.25) is 0 Å². The van der Waals surface area contributed by atoms with Gasteiger partial charge in [-0.3, -0.25) is 0 Å². The molecule has 0 radical (unpaired) electrons. The van der Waals surface area contributed by atoms with E-state index in [-0.39, 0.29) is 0 Å². The van der Waals surface area contributed by atoms with Crippen LogP contribution in [0, 0.1) is 6.92 Å². The molecule has 1 nitrogen and oxygen atoms in total. The average molecular weight is 176 g/mol. The largest absolute Gasteiger partial charge is 0.203 e. The Balaban J connectivity index is 2.48. The monoisotopic (exact) mass is 176 g/mol. The van der Waals surface area contributed by atoms with Crippen molar-refractivity contribution in [3.8, 4) is 0 Å². The number of rotatable bonds is 1. The summed E-state index contributed by atoms with van der Waals surface area (Å²) in [5.41, 5.74) is 4.70. The standard InChI is InChI=1S/C12H18N/c1-3-13-9-8-11-6-4-5-7-12(11)10(13)2/h8-9H,3-7H2,1-2H3/q+1. The molecule has 1 aliphatic carbocycles. The smallest absolute Gasteiger partial charge is 0.181 e. The predicted octanol–water partition coefficient (Wildman–Crippen LogP) is 2.18. The highest BCUT2D eigenvalue weighted by atomic mass is 14.9. The molecule has 0 N–H and O–H groups in total. The van der Waals surface area contributed by atoms with Crippen LogP contribution in [0.1, 0.15) is 36.6 Å². The molecule has 0 unspecified atom stereocenters. The molecular weight excluding hydrogens is 158 g/mol. The third-order valence-corrected chi connectivity index (χ3v) is 3.17. The zero-order chi connectivity index (χ0) is 9.26. The topological polar surface area (TPSA) is 3.88 Å². The summed E-state index contributed by atoms with van der Waals surface area (Å²) in [5, 5.41) is 0. The fraction of sp³-hybridized carbons (Fsp3) is 0.583. The number of aryl methyl sites for hydroxylation is 2. The van der Waals surface area contributed by atoms with E-state index in [2.05, 4.69) is 30.7 Å². The molecule has 0 bridgehead atoms. The lowest BCUT2D eigenvalue weighted by molar-refractivity contribution is -0.699. The normalized spacial score (nSPS) is 15.5. The van der Waals surface area contributed by atoms with Crippen molar-refractivity contribution >= 4 is 0 Å². The molecule has 1 heterocycles. The van der Waals surface area contributed by atoms with Crippen molar-refractivity contribution in [1.29, 1.82) is 0 Å². The Morgan fingerprint density at radius 2 is 2.08 bits per heavy atom. The fourth-order valence-corrected chi connectivity index (χ4v) is 2.33. The number of aromatic nitrogens is 1. The Hall–Kier alpha value is -0.850. The Morgan fingerprint density at radius 3 is 2.85 bits per heavy atom. The first-order chi connectivity index (χ1) is 6.33. The van der Waals surface area contributed by atoms with Gasteiger partial charge < -0.3 is 0 Å². The molecule has 0 atom stereocenters. The van der Waals surface area contributed by atoms with Crippen LogP contribution < -0.4 is 4.57 Å². The van der Waals surface area contributed by atoms with E-state index in [1.807, 2.05) is 0 Å². The van der Waals surface area contributed by atoms with Crippen LogP contribution in [0.25, 0.3) is 0 Å². The summed E-state index contributed by atoms with van der Waals surface area (Å²) >= 11 is 0. The van der Waals surface area contributed by atoms with Crippen molar-refractivity contribution in [1.82, 2.24) is 0 Å². The van der Waals surface area contributed by atoms with E-state index in [0.717, 1.165) is 6.54 Å². The van der Waals surface area contributed by atoms with Crippen molar-refractivity contribution < 1.29 is 4.57 Å².